The number of halogens is 1. The van der Waals surface area contributed by atoms with Gasteiger partial charge in [-0.05, 0) is 54.4 Å². The van der Waals surface area contributed by atoms with Gasteiger partial charge in [0.2, 0.25) is 0 Å². The maximum Gasteiger partial charge on any atom is 0.191 e. The molecule has 25 heavy (non-hydrogen) atoms. The molecule has 132 valence electrons. The Morgan fingerprint density at radius 2 is 1.96 bits per heavy atom. The molecule has 0 radical (unpaired) electrons. The van der Waals surface area contributed by atoms with Crippen molar-refractivity contribution in [1.29, 1.82) is 0 Å². The normalized spacial score (nSPS) is 11.1. The molecule has 0 aliphatic heterocycles. The Morgan fingerprint density at radius 3 is 2.64 bits per heavy atom. The van der Waals surface area contributed by atoms with E-state index in [0.29, 0.717) is 16.3 Å². The van der Waals surface area contributed by atoms with Gasteiger partial charge in [-0.25, -0.2) is 0 Å². The fourth-order valence-corrected chi connectivity index (χ4v) is 2.60. The summed E-state index contributed by atoms with van der Waals surface area (Å²) in [6.07, 6.45) is 1.41. The smallest absolute Gasteiger partial charge is 0.191 e. The second-order valence-electron chi connectivity index (χ2n) is 5.88. The van der Waals surface area contributed by atoms with Gasteiger partial charge in [0.05, 0.1) is 11.9 Å². The number of hydrazone groups is 1. The number of aromatic hydroxyl groups is 2. The van der Waals surface area contributed by atoms with Gasteiger partial charge in [-0.15, -0.1) is 0 Å². The largest absolute Gasteiger partial charge is 0.507 e. The summed E-state index contributed by atoms with van der Waals surface area (Å²) in [5, 5.41) is 27.8. The number of phenols is 2. The zero-order valence-electron chi connectivity index (χ0n) is 14.2. The summed E-state index contributed by atoms with van der Waals surface area (Å²) in [6.45, 7) is 5.89. The number of nitrogens with zero attached hydrogens (tertiary/aromatic N) is 1. The Bertz CT molecular complexity index is 822. The Hall–Kier alpha value is -2.31. The number of rotatable bonds is 4. The number of hydrogen-bond donors (Lipinski definition) is 4. The molecule has 2 aromatic carbocycles. The number of thiocarbonyl (C=S) groups is 1. The number of anilines is 1. The number of phenolic OH excluding ortho intramolecular Hbond substituents is 2. The summed E-state index contributed by atoms with van der Waals surface area (Å²) in [5.74, 6) is 0.425. The molecule has 0 aromatic heterocycles. The van der Waals surface area contributed by atoms with E-state index in [4.69, 9.17) is 23.8 Å². The van der Waals surface area contributed by atoms with Crippen molar-refractivity contribution >= 4 is 40.8 Å². The van der Waals surface area contributed by atoms with E-state index >= 15 is 0 Å². The Morgan fingerprint density at radius 1 is 1.24 bits per heavy atom. The van der Waals surface area contributed by atoms with Crippen LogP contribution in [0.2, 0.25) is 5.02 Å². The number of benzene rings is 2. The van der Waals surface area contributed by atoms with Crippen LogP contribution in [0.15, 0.2) is 35.4 Å². The van der Waals surface area contributed by atoms with E-state index in [1.807, 2.05) is 32.9 Å². The minimum absolute atomic E-state index is 0.0620. The van der Waals surface area contributed by atoms with E-state index in [1.54, 1.807) is 12.1 Å². The van der Waals surface area contributed by atoms with E-state index in [-0.39, 0.29) is 22.5 Å². The van der Waals surface area contributed by atoms with Gasteiger partial charge < -0.3 is 15.5 Å². The minimum atomic E-state index is 0.0620. The van der Waals surface area contributed by atoms with E-state index in [1.165, 1.54) is 12.3 Å². The van der Waals surface area contributed by atoms with Crippen LogP contribution in [-0.4, -0.2) is 21.5 Å². The summed E-state index contributed by atoms with van der Waals surface area (Å²) in [5.41, 5.74) is 5.36. The molecule has 0 spiro atoms. The highest BCUT2D eigenvalue weighted by Gasteiger charge is 2.13. The van der Waals surface area contributed by atoms with E-state index in [9.17, 15) is 10.2 Å². The van der Waals surface area contributed by atoms with Gasteiger partial charge in [0.1, 0.15) is 11.5 Å². The maximum absolute atomic E-state index is 10.4. The monoisotopic (exact) mass is 377 g/mol. The SMILES string of the molecule is Cc1ccc(C(C)C)c(O)c1NC(=S)N/N=C\c1cc(Cl)ccc1O. The van der Waals surface area contributed by atoms with Gasteiger partial charge in [-0.2, -0.15) is 5.10 Å². The minimum Gasteiger partial charge on any atom is -0.507 e. The lowest BCUT2D eigenvalue weighted by Gasteiger charge is -2.16. The number of nitrogens with one attached hydrogen (secondary N) is 2. The van der Waals surface area contributed by atoms with Crippen LogP contribution in [0.3, 0.4) is 0 Å². The summed E-state index contributed by atoms with van der Waals surface area (Å²) in [6, 6.07) is 8.48. The molecule has 0 fully saturated rings. The van der Waals surface area contributed by atoms with Crippen LogP contribution in [0.25, 0.3) is 0 Å². The zero-order valence-corrected chi connectivity index (χ0v) is 15.7. The molecule has 2 rings (SSSR count). The van der Waals surface area contributed by atoms with Crippen molar-refractivity contribution in [1.82, 2.24) is 5.43 Å². The molecule has 0 aliphatic carbocycles. The standard InChI is InChI=1S/C18H20ClN3O2S/c1-10(2)14-6-4-11(3)16(17(14)24)21-18(25)22-20-9-12-8-13(19)5-7-15(12)23/h4-10,23-24H,1-3H3,(H2,21,22,25)/b20-9-. The van der Waals surface area contributed by atoms with E-state index in [0.717, 1.165) is 11.1 Å². The molecular weight excluding hydrogens is 358 g/mol. The van der Waals surface area contributed by atoms with Crippen LogP contribution in [0.1, 0.15) is 36.5 Å². The first-order valence-corrected chi connectivity index (χ1v) is 8.49. The Labute approximate surface area is 157 Å². The van der Waals surface area contributed by atoms with Crippen molar-refractivity contribution in [3.8, 4) is 11.5 Å². The maximum atomic E-state index is 10.4. The third-order valence-corrected chi connectivity index (χ3v) is 4.07. The molecule has 0 atom stereocenters. The molecule has 2 aromatic rings. The molecule has 0 aliphatic rings. The lowest BCUT2D eigenvalue weighted by atomic mass is 9.99. The predicted octanol–water partition coefficient (Wildman–Crippen LogP) is 4.50. The van der Waals surface area contributed by atoms with Crippen LogP contribution >= 0.6 is 23.8 Å². The van der Waals surface area contributed by atoms with Crippen LogP contribution < -0.4 is 10.7 Å². The average Bonchev–Trinajstić information content (AvgIpc) is 2.54. The molecule has 0 heterocycles. The summed E-state index contributed by atoms with van der Waals surface area (Å²) < 4.78 is 0. The van der Waals surface area contributed by atoms with Crippen LogP contribution in [0, 0.1) is 6.92 Å². The van der Waals surface area contributed by atoms with Gasteiger partial charge in [0, 0.05) is 10.6 Å². The van der Waals surface area contributed by atoms with Gasteiger partial charge in [-0.1, -0.05) is 37.6 Å². The first-order valence-electron chi connectivity index (χ1n) is 7.70. The lowest BCUT2D eigenvalue weighted by Crippen LogP contribution is -2.24. The molecule has 0 saturated heterocycles. The van der Waals surface area contributed by atoms with Crippen LogP contribution in [-0.2, 0) is 0 Å². The molecule has 7 heteroatoms. The summed E-state index contributed by atoms with van der Waals surface area (Å²) >= 11 is 11.1. The summed E-state index contributed by atoms with van der Waals surface area (Å²) in [7, 11) is 0. The quantitative estimate of drug-likeness (QED) is 0.273. The van der Waals surface area contributed by atoms with Gasteiger partial charge in [0.25, 0.3) is 0 Å². The van der Waals surface area contributed by atoms with Gasteiger partial charge in [-0.3, -0.25) is 5.43 Å². The van der Waals surface area contributed by atoms with Crippen molar-refractivity contribution in [2.24, 2.45) is 5.10 Å². The highest BCUT2D eigenvalue weighted by atomic mass is 35.5. The Kier molecular flexibility index (Phi) is 6.22. The fourth-order valence-electron chi connectivity index (χ4n) is 2.26. The molecule has 0 amide bonds. The van der Waals surface area contributed by atoms with Crippen LogP contribution in [0.5, 0.6) is 11.5 Å². The lowest BCUT2D eigenvalue weighted by molar-refractivity contribution is 0.467. The fraction of sp³-hybridized carbons (Fsp3) is 0.222. The molecular formula is C18H20ClN3O2S. The van der Waals surface area contributed by atoms with Crippen molar-refractivity contribution < 1.29 is 10.2 Å². The van der Waals surface area contributed by atoms with E-state index < -0.39 is 0 Å². The molecule has 0 bridgehead atoms. The molecule has 4 N–H and O–H groups in total. The predicted molar refractivity (Wildman–Crippen MR) is 107 cm³/mol. The second kappa shape index (κ2) is 8.18. The van der Waals surface area contributed by atoms with E-state index in [2.05, 4.69) is 15.8 Å². The number of aryl methyl sites for hydroxylation is 1. The van der Waals surface area contributed by atoms with Crippen molar-refractivity contribution in [2.45, 2.75) is 26.7 Å². The summed E-state index contributed by atoms with van der Waals surface area (Å²) in [4.78, 5) is 0. The highest BCUT2D eigenvalue weighted by molar-refractivity contribution is 7.80. The van der Waals surface area contributed by atoms with Gasteiger partial charge >= 0.3 is 0 Å². The average molecular weight is 378 g/mol. The third-order valence-electron chi connectivity index (χ3n) is 3.64. The zero-order chi connectivity index (χ0) is 18.6. The Balaban J connectivity index is 2.09. The topological polar surface area (TPSA) is 76.9 Å². The first-order chi connectivity index (χ1) is 11.8. The number of hydrogen-bond acceptors (Lipinski definition) is 4. The van der Waals surface area contributed by atoms with Gasteiger partial charge in [0.15, 0.2) is 5.11 Å². The van der Waals surface area contributed by atoms with Crippen molar-refractivity contribution in [3.63, 3.8) is 0 Å². The second-order valence-corrected chi connectivity index (χ2v) is 6.72. The first kappa shape index (κ1) is 19.0. The third kappa shape index (κ3) is 4.84. The highest BCUT2D eigenvalue weighted by Crippen LogP contribution is 2.35. The molecule has 0 saturated carbocycles. The van der Waals surface area contributed by atoms with Crippen molar-refractivity contribution in [2.75, 3.05) is 5.32 Å². The molecule has 5 nitrogen and oxygen atoms in total. The molecule has 0 unspecified atom stereocenters. The van der Waals surface area contributed by atoms with Crippen LogP contribution in [0.4, 0.5) is 5.69 Å². The van der Waals surface area contributed by atoms with Crippen molar-refractivity contribution in [3.05, 3.63) is 52.0 Å².